The molecular formula is C5H8N4O2. The molecule has 0 radical (unpaired) electrons. The monoisotopic (exact) mass is 156 g/mol. The highest BCUT2D eigenvalue weighted by Gasteiger charge is 2.18. The van der Waals surface area contributed by atoms with Crippen molar-refractivity contribution < 1.29 is 4.92 Å². The summed E-state index contributed by atoms with van der Waals surface area (Å²) in [7, 11) is 0. The maximum absolute atomic E-state index is 10.3. The van der Waals surface area contributed by atoms with Crippen molar-refractivity contribution in [1.29, 1.82) is 0 Å². The summed E-state index contributed by atoms with van der Waals surface area (Å²) >= 11 is 0. The van der Waals surface area contributed by atoms with Gasteiger partial charge in [0, 0.05) is 0 Å². The van der Waals surface area contributed by atoms with Crippen LogP contribution in [0.1, 0.15) is 18.7 Å². The van der Waals surface area contributed by atoms with Crippen LogP contribution < -0.4 is 5.73 Å². The molecule has 11 heavy (non-hydrogen) atoms. The second kappa shape index (κ2) is 2.67. The van der Waals surface area contributed by atoms with E-state index in [1.54, 1.807) is 6.92 Å². The average Bonchev–Trinajstić information content (AvgIpc) is 2.32. The first-order chi connectivity index (χ1) is 5.13. The van der Waals surface area contributed by atoms with Crippen molar-refractivity contribution in [2.75, 3.05) is 0 Å². The van der Waals surface area contributed by atoms with Crippen LogP contribution in [0.3, 0.4) is 0 Å². The van der Waals surface area contributed by atoms with Gasteiger partial charge >= 0.3 is 5.69 Å². The van der Waals surface area contributed by atoms with Crippen molar-refractivity contribution in [1.82, 2.24) is 10.2 Å². The molecule has 3 N–H and O–H groups in total. The molecule has 0 amide bonds. The third kappa shape index (κ3) is 1.35. The highest BCUT2D eigenvalue weighted by Crippen LogP contribution is 2.19. The fourth-order valence-corrected chi connectivity index (χ4v) is 0.770. The molecular weight excluding hydrogens is 148 g/mol. The average molecular weight is 156 g/mol. The number of aromatic nitrogens is 2. The van der Waals surface area contributed by atoms with Crippen molar-refractivity contribution in [3.63, 3.8) is 0 Å². The Morgan fingerprint density at radius 1 is 1.91 bits per heavy atom. The van der Waals surface area contributed by atoms with Crippen LogP contribution in [0.4, 0.5) is 5.69 Å². The standard InChI is InChI=1S/C5H8N4O2/c1-3(6)5-4(9(10)11)2-7-8-5/h2-3H,6H2,1H3,(H,7,8). The van der Waals surface area contributed by atoms with E-state index in [-0.39, 0.29) is 5.69 Å². The van der Waals surface area contributed by atoms with Gasteiger partial charge in [-0.1, -0.05) is 0 Å². The van der Waals surface area contributed by atoms with E-state index in [2.05, 4.69) is 10.2 Å². The molecule has 60 valence electrons. The summed E-state index contributed by atoms with van der Waals surface area (Å²) < 4.78 is 0. The molecule has 0 saturated carbocycles. The van der Waals surface area contributed by atoms with Crippen LogP contribution in [0, 0.1) is 10.1 Å². The number of nitrogens with one attached hydrogen (secondary N) is 1. The van der Waals surface area contributed by atoms with Gasteiger partial charge in [-0.15, -0.1) is 0 Å². The molecule has 0 aliphatic heterocycles. The Balaban J connectivity index is 3.06. The molecule has 0 saturated heterocycles. The maximum Gasteiger partial charge on any atom is 0.311 e. The van der Waals surface area contributed by atoms with E-state index in [1.807, 2.05) is 0 Å². The zero-order valence-corrected chi connectivity index (χ0v) is 5.94. The quantitative estimate of drug-likeness (QED) is 0.476. The minimum absolute atomic E-state index is 0.0556. The van der Waals surface area contributed by atoms with E-state index in [1.165, 1.54) is 0 Å². The summed E-state index contributed by atoms with van der Waals surface area (Å²) in [6.07, 6.45) is 1.15. The number of rotatable bonds is 2. The number of hydrogen-bond acceptors (Lipinski definition) is 4. The Labute approximate surface area is 62.6 Å². The van der Waals surface area contributed by atoms with Gasteiger partial charge in [0.15, 0.2) is 0 Å². The lowest BCUT2D eigenvalue weighted by Gasteiger charge is -1.98. The highest BCUT2D eigenvalue weighted by atomic mass is 16.6. The van der Waals surface area contributed by atoms with Crippen LogP contribution in [0.2, 0.25) is 0 Å². The van der Waals surface area contributed by atoms with Gasteiger partial charge in [-0.2, -0.15) is 5.10 Å². The third-order valence-electron chi connectivity index (χ3n) is 1.30. The van der Waals surface area contributed by atoms with E-state index >= 15 is 0 Å². The fraction of sp³-hybridized carbons (Fsp3) is 0.400. The Morgan fingerprint density at radius 3 is 2.91 bits per heavy atom. The van der Waals surface area contributed by atoms with Crippen molar-refractivity contribution in [3.8, 4) is 0 Å². The van der Waals surface area contributed by atoms with Gasteiger partial charge in [-0.25, -0.2) is 0 Å². The molecule has 6 heteroatoms. The lowest BCUT2D eigenvalue weighted by Crippen LogP contribution is -2.07. The van der Waals surface area contributed by atoms with Crippen molar-refractivity contribution >= 4 is 5.69 Å². The summed E-state index contributed by atoms with van der Waals surface area (Å²) in [4.78, 5) is 9.77. The lowest BCUT2D eigenvalue weighted by atomic mass is 10.2. The molecule has 1 unspecified atom stereocenters. The van der Waals surface area contributed by atoms with Gasteiger partial charge in [0.25, 0.3) is 0 Å². The minimum atomic E-state index is -0.512. The number of aromatic amines is 1. The number of H-pyrrole nitrogens is 1. The molecule has 0 aliphatic carbocycles. The third-order valence-corrected chi connectivity index (χ3v) is 1.30. The molecule has 0 bridgehead atoms. The van der Waals surface area contributed by atoms with E-state index in [4.69, 9.17) is 5.73 Å². The van der Waals surface area contributed by atoms with E-state index in [0.29, 0.717) is 5.69 Å². The van der Waals surface area contributed by atoms with Gasteiger partial charge in [0.1, 0.15) is 11.9 Å². The van der Waals surface area contributed by atoms with Gasteiger partial charge in [0.05, 0.1) is 11.0 Å². The molecule has 1 atom stereocenters. The van der Waals surface area contributed by atoms with E-state index < -0.39 is 11.0 Å². The molecule has 1 heterocycles. The van der Waals surface area contributed by atoms with Crippen molar-refractivity contribution in [3.05, 3.63) is 22.0 Å². The number of hydrogen-bond donors (Lipinski definition) is 2. The van der Waals surface area contributed by atoms with Crippen LogP contribution in [0.25, 0.3) is 0 Å². The second-order valence-electron chi connectivity index (χ2n) is 2.21. The largest absolute Gasteiger partial charge is 0.323 e. The molecule has 6 nitrogen and oxygen atoms in total. The lowest BCUT2D eigenvalue weighted by molar-refractivity contribution is -0.385. The summed E-state index contributed by atoms with van der Waals surface area (Å²) in [5, 5.41) is 16.3. The van der Waals surface area contributed by atoms with Crippen LogP contribution in [0.5, 0.6) is 0 Å². The molecule has 0 aromatic carbocycles. The van der Waals surface area contributed by atoms with E-state index in [0.717, 1.165) is 6.20 Å². The topological polar surface area (TPSA) is 97.8 Å². The predicted octanol–water partition coefficient (Wildman–Crippen LogP) is 0.338. The predicted molar refractivity (Wildman–Crippen MR) is 37.8 cm³/mol. The summed E-state index contributed by atoms with van der Waals surface area (Å²) in [5.41, 5.74) is 5.72. The molecule has 0 spiro atoms. The summed E-state index contributed by atoms with van der Waals surface area (Å²) in [6.45, 7) is 1.65. The van der Waals surface area contributed by atoms with Gasteiger partial charge < -0.3 is 5.73 Å². The number of nitrogens with two attached hydrogens (primary N) is 1. The zero-order chi connectivity index (χ0) is 8.43. The smallest absolute Gasteiger partial charge is 0.311 e. The Bertz CT molecular complexity index is 267. The van der Waals surface area contributed by atoms with Crippen LogP contribution in [0.15, 0.2) is 6.20 Å². The maximum atomic E-state index is 10.3. The highest BCUT2D eigenvalue weighted by molar-refractivity contribution is 5.33. The number of nitrogens with zero attached hydrogens (tertiary/aromatic N) is 2. The molecule has 1 aromatic heterocycles. The van der Waals surface area contributed by atoms with Crippen LogP contribution in [-0.2, 0) is 0 Å². The van der Waals surface area contributed by atoms with Crippen molar-refractivity contribution in [2.45, 2.75) is 13.0 Å². The fourth-order valence-electron chi connectivity index (χ4n) is 0.770. The Morgan fingerprint density at radius 2 is 2.55 bits per heavy atom. The first kappa shape index (κ1) is 7.67. The minimum Gasteiger partial charge on any atom is -0.323 e. The zero-order valence-electron chi connectivity index (χ0n) is 5.94. The van der Waals surface area contributed by atoms with Crippen LogP contribution >= 0.6 is 0 Å². The molecule has 1 rings (SSSR count). The molecule has 0 aliphatic rings. The molecule has 0 fully saturated rings. The Kier molecular flexibility index (Phi) is 1.86. The number of nitro groups is 1. The summed E-state index contributed by atoms with van der Waals surface area (Å²) in [6, 6.07) is -0.391. The Hall–Kier alpha value is -1.43. The molecule has 1 aromatic rings. The van der Waals surface area contributed by atoms with E-state index in [9.17, 15) is 10.1 Å². The second-order valence-corrected chi connectivity index (χ2v) is 2.21. The first-order valence-electron chi connectivity index (χ1n) is 3.06. The van der Waals surface area contributed by atoms with Gasteiger partial charge in [-0.05, 0) is 6.92 Å². The SMILES string of the molecule is CC(N)c1[nH]ncc1[N+](=O)[O-]. The van der Waals surface area contributed by atoms with Gasteiger partial charge in [-0.3, -0.25) is 15.2 Å². The normalized spacial score (nSPS) is 12.9. The van der Waals surface area contributed by atoms with Crippen molar-refractivity contribution in [2.24, 2.45) is 5.73 Å². The first-order valence-corrected chi connectivity index (χ1v) is 3.06. The van der Waals surface area contributed by atoms with Gasteiger partial charge in [0.2, 0.25) is 0 Å². The summed E-state index contributed by atoms with van der Waals surface area (Å²) in [5.74, 6) is 0. The van der Waals surface area contributed by atoms with Crippen LogP contribution in [-0.4, -0.2) is 15.1 Å².